The summed E-state index contributed by atoms with van der Waals surface area (Å²) in [5.41, 5.74) is 2.60. The minimum Gasteiger partial charge on any atom is -0.507 e. The van der Waals surface area contributed by atoms with E-state index in [1.165, 1.54) is 18.2 Å². The second kappa shape index (κ2) is 12.8. The minimum absolute atomic E-state index is 0.0279. The molecule has 6 aromatic carbocycles. The number of hydrogen-bond donors (Lipinski definition) is 7. The monoisotopic (exact) mass is 684 g/mol. The standard InChI is InChI=1S/C41H36N2O8/c1-20-14-25-28(16-30(45)38(48)33(25)40(49)42-18-21(2)23-10-6-4-7-11-23)39-32(20)35-31(51-39)17-26-27(36(35)46)15-29(44)37(47)34(26)41(50)43-19-22(3)24-12-8-5-9-13-24/h4-17,21-22,44-48H,18-19H2,1-3H3,(H,42,49)(H,43,50)/t21-,22-/m0/s1. The van der Waals surface area contributed by atoms with E-state index in [0.717, 1.165) is 11.1 Å². The summed E-state index contributed by atoms with van der Waals surface area (Å²) in [6.07, 6.45) is 0. The molecule has 1 aromatic heterocycles. The maximum absolute atomic E-state index is 13.6. The first-order valence-electron chi connectivity index (χ1n) is 16.6. The third kappa shape index (κ3) is 5.64. The Bertz CT molecular complexity index is 2510. The van der Waals surface area contributed by atoms with Gasteiger partial charge in [-0.2, -0.15) is 0 Å². The van der Waals surface area contributed by atoms with Gasteiger partial charge in [-0.05, 0) is 59.7 Å². The molecule has 0 unspecified atom stereocenters. The quantitative estimate of drug-likeness (QED) is 0.0795. The van der Waals surface area contributed by atoms with Gasteiger partial charge in [-0.3, -0.25) is 9.59 Å². The average molecular weight is 685 g/mol. The molecule has 2 atom stereocenters. The molecular weight excluding hydrogens is 648 g/mol. The van der Waals surface area contributed by atoms with E-state index in [4.69, 9.17) is 4.42 Å². The average Bonchev–Trinajstić information content (AvgIpc) is 3.53. The molecule has 0 saturated heterocycles. The van der Waals surface area contributed by atoms with E-state index in [-0.39, 0.29) is 69.1 Å². The topological polar surface area (TPSA) is 172 Å². The molecule has 0 saturated carbocycles. The first-order chi connectivity index (χ1) is 24.5. The van der Waals surface area contributed by atoms with Crippen molar-refractivity contribution in [3.8, 4) is 28.7 Å². The van der Waals surface area contributed by atoms with Gasteiger partial charge in [0, 0.05) is 40.0 Å². The smallest absolute Gasteiger partial charge is 0.255 e. The number of furan rings is 1. The minimum atomic E-state index is -0.662. The highest BCUT2D eigenvalue weighted by molar-refractivity contribution is 6.26. The lowest BCUT2D eigenvalue weighted by molar-refractivity contribution is 0.0941. The van der Waals surface area contributed by atoms with Crippen molar-refractivity contribution in [3.05, 3.63) is 113 Å². The normalized spacial score (nSPS) is 12.8. The second-order valence-electron chi connectivity index (χ2n) is 13.1. The van der Waals surface area contributed by atoms with Gasteiger partial charge in [0.1, 0.15) is 16.9 Å². The Kier molecular flexibility index (Phi) is 8.30. The third-order valence-corrected chi connectivity index (χ3v) is 9.67. The zero-order valence-electron chi connectivity index (χ0n) is 28.1. The Morgan fingerprint density at radius 1 is 0.608 bits per heavy atom. The third-order valence-electron chi connectivity index (χ3n) is 9.67. The molecule has 0 aliphatic carbocycles. The van der Waals surface area contributed by atoms with Crippen molar-refractivity contribution in [1.82, 2.24) is 10.6 Å². The maximum atomic E-state index is 13.6. The van der Waals surface area contributed by atoms with Gasteiger partial charge in [0.25, 0.3) is 11.8 Å². The van der Waals surface area contributed by atoms with Gasteiger partial charge in [0.15, 0.2) is 23.0 Å². The molecule has 258 valence electrons. The molecule has 2 amide bonds. The predicted molar refractivity (Wildman–Crippen MR) is 196 cm³/mol. The van der Waals surface area contributed by atoms with Crippen molar-refractivity contribution in [2.24, 2.45) is 0 Å². The second-order valence-corrected chi connectivity index (χ2v) is 13.1. The molecule has 7 N–H and O–H groups in total. The molecule has 10 heteroatoms. The number of nitrogens with one attached hydrogen (secondary N) is 2. The van der Waals surface area contributed by atoms with Crippen LogP contribution in [0.4, 0.5) is 0 Å². The molecule has 1 heterocycles. The first kappa shape index (κ1) is 33.1. The van der Waals surface area contributed by atoms with Crippen molar-refractivity contribution < 1.29 is 39.5 Å². The summed E-state index contributed by atoms with van der Waals surface area (Å²) in [5.74, 6) is -4.01. The molecule has 0 spiro atoms. The lowest BCUT2D eigenvalue weighted by atomic mass is 9.94. The predicted octanol–water partition coefficient (Wildman–Crippen LogP) is 7.80. The number of rotatable bonds is 8. The van der Waals surface area contributed by atoms with Crippen LogP contribution in [0.25, 0.3) is 43.5 Å². The van der Waals surface area contributed by atoms with Gasteiger partial charge in [0.05, 0.1) is 16.5 Å². The zero-order valence-corrected chi connectivity index (χ0v) is 28.1. The van der Waals surface area contributed by atoms with Gasteiger partial charge in [0.2, 0.25) is 0 Å². The molecular formula is C41H36N2O8. The van der Waals surface area contributed by atoms with Crippen LogP contribution in [0.5, 0.6) is 28.7 Å². The maximum Gasteiger partial charge on any atom is 0.255 e. The summed E-state index contributed by atoms with van der Waals surface area (Å²) in [5, 5.41) is 62.3. The van der Waals surface area contributed by atoms with Crippen LogP contribution in [0.2, 0.25) is 0 Å². The largest absolute Gasteiger partial charge is 0.507 e. The van der Waals surface area contributed by atoms with Crippen molar-refractivity contribution in [2.45, 2.75) is 32.6 Å². The molecule has 7 aromatic rings. The van der Waals surface area contributed by atoms with Crippen molar-refractivity contribution in [3.63, 3.8) is 0 Å². The number of phenols is 5. The van der Waals surface area contributed by atoms with Crippen LogP contribution < -0.4 is 10.6 Å². The number of benzene rings is 6. The Morgan fingerprint density at radius 3 is 1.59 bits per heavy atom. The van der Waals surface area contributed by atoms with Crippen LogP contribution in [0.15, 0.2) is 89.3 Å². The molecule has 0 aliphatic rings. The Morgan fingerprint density at radius 2 is 1.08 bits per heavy atom. The van der Waals surface area contributed by atoms with E-state index >= 15 is 0 Å². The number of aryl methyl sites for hydroxylation is 1. The Hall–Kier alpha value is -6.42. The number of carbonyl (C=O) groups excluding carboxylic acids is 2. The van der Waals surface area contributed by atoms with E-state index in [2.05, 4.69) is 10.6 Å². The van der Waals surface area contributed by atoms with E-state index < -0.39 is 34.8 Å². The fraction of sp³-hybridized carbons (Fsp3) is 0.171. The number of fused-ring (bicyclic) bond motifs is 6. The van der Waals surface area contributed by atoms with Gasteiger partial charge < -0.3 is 40.6 Å². The number of hydrogen-bond acceptors (Lipinski definition) is 8. The Labute approximate surface area is 292 Å². The number of phenolic OH excluding ortho intramolecular Hbond substituents is 5. The van der Waals surface area contributed by atoms with Crippen LogP contribution in [0.3, 0.4) is 0 Å². The highest BCUT2D eigenvalue weighted by Gasteiger charge is 2.28. The SMILES string of the molecule is Cc1cc2c(C(=O)NC[C@H](C)c3ccccc3)c(O)c(O)cc2c2oc3cc4c(C(=O)NC[C@H](C)c5ccccc5)c(O)c(O)cc4c(O)c3c12. The first-order valence-corrected chi connectivity index (χ1v) is 16.6. The highest BCUT2D eigenvalue weighted by atomic mass is 16.3. The van der Waals surface area contributed by atoms with Crippen LogP contribution in [-0.4, -0.2) is 50.4 Å². The lowest BCUT2D eigenvalue weighted by Crippen LogP contribution is -2.27. The van der Waals surface area contributed by atoms with Gasteiger partial charge in [-0.25, -0.2) is 0 Å². The van der Waals surface area contributed by atoms with Gasteiger partial charge in [-0.15, -0.1) is 0 Å². The van der Waals surface area contributed by atoms with Gasteiger partial charge >= 0.3 is 0 Å². The molecule has 7 rings (SSSR count). The number of aromatic hydroxyl groups is 5. The van der Waals surface area contributed by atoms with Crippen molar-refractivity contribution in [1.29, 1.82) is 0 Å². The van der Waals surface area contributed by atoms with Gasteiger partial charge in [-0.1, -0.05) is 74.5 Å². The molecule has 0 bridgehead atoms. The molecule has 10 nitrogen and oxygen atoms in total. The van der Waals surface area contributed by atoms with E-state index in [0.29, 0.717) is 21.7 Å². The highest BCUT2D eigenvalue weighted by Crippen LogP contribution is 2.49. The number of amides is 2. The van der Waals surface area contributed by atoms with Crippen LogP contribution in [0, 0.1) is 6.92 Å². The van der Waals surface area contributed by atoms with Crippen LogP contribution >= 0.6 is 0 Å². The number of carbonyl (C=O) groups is 2. The molecule has 51 heavy (non-hydrogen) atoms. The van der Waals surface area contributed by atoms with E-state index in [9.17, 15) is 35.1 Å². The summed E-state index contributed by atoms with van der Waals surface area (Å²) in [6.45, 7) is 6.18. The van der Waals surface area contributed by atoms with E-state index in [1.54, 1.807) is 13.0 Å². The van der Waals surface area contributed by atoms with Crippen molar-refractivity contribution >= 4 is 55.3 Å². The summed E-state index contributed by atoms with van der Waals surface area (Å²) in [4.78, 5) is 27.2. The molecule has 0 radical (unpaired) electrons. The summed E-state index contributed by atoms with van der Waals surface area (Å²) in [6, 6.07) is 24.9. The zero-order chi connectivity index (χ0) is 36.1. The fourth-order valence-electron chi connectivity index (χ4n) is 6.86. The molecule has 0 fully saturated rings. The van der Waals surface area contributed by atoms with Crippen LogP contribution in [-0.2, 0) is 0 Å². The summed E-state index contributed by atoms with van der Waals surface area (Å²) >= 11 is 0. The van der Waals surface area contributed by atoms with Crippen molar-refractivity contribution in [2.75, 3.05) is 13.1 Å². The van der Waals surface area contributed by atoms with Crippen LogP contribution in [0.1, 0.15) is 63.1 Å². The summed E-state index contributed by atoms with van der Waals surface area (Å²) in [7, 11) is 0. The molecule has 0 aliphatic heterocycles. The lowest BCUT2D eigenvalue weighted by Gasteiger charge is -2.16. The van der Waals surface area contributed by atoms with E-state index in [1.807, 2.05) is 74.5 Å². The summed E-state index contributed by atoms with van der Waals surface area (Å²) < 4.78 is 6.32. The Balaban J connectivity index is 1.34. The fourth-order valence-corrected chi connectivity index (χ4v) is 6.86.